The molecule has 0 radical (unpaired) electrons. The Balaban J connectivity index is 2.04. The van der Waals surface area contributed by atoms with Gasteiger partial charge in [0.15, 0.2) is 0 Å². The second-order valence-corrected chi connectivity index (χ2v) is 5.18. The van der Waals surface area contributed by atoms with E-state index in [1.165, 1.54) is 35.6 Å². The summed E-state index contributed by atoms with van der Waals surface area (Å²) in [4.78, 5) is 4.42. The molecule has 2 nitrogen and oxygen atoms in total. The van der Waals surface area contributed by atoms with Crippen LogP contribution in [0.4, 0.5) is 0 Å². The van der Waals surface area contributed by atoms with Gasteiger partial charge in [-0.05, 0) is 36.3 Å². The molecule has 1 aliphatic rings. The van der Waals surface area contributed by atoms with Crippen molar-refractivity contribution in [2.24, 2.45) is 5.92 Å². The Hall–Kier alpha value is -1.41. The van der Waals surface area contributed by atoms with Gasteiger partial charge in [-0.15, -0.1) is 0 Å². The van der Waals surface area contributed by atoms with Gasteiger partial charge in [0.2, 0.25) is 0 Å². The van der Waals surface area contributed by atoms with Crippen molar-refractivity contribution in [3.63, 3.8) is 0 Å². The number of fused-ring (bicyclic) bond motifs is 1. The second kappa shape index (κ2) is 5.07. The number of pyridine rings is 1. The van der Waals surface area contributed by atoms with E-state index in [0.717, 1.165) is 12.5 Å². The molecule has 0 spiro atoms. The molecule has 1 heterocycles. The van der Waals surface area contributed by atoms with Crippen LogP contribution in [0, 0.1) is 5.92 Å². The highest BCUT2D eigenvalue weighted by Crippen LogP contribution is 2.39. The predicted molar refractivity (Wildman–Crippen MR) is 75.5 cm³/mol. The van der Waals surface area contributed by atoms with Gasteiger partial charge in [-0.2, -0.15) is 0 Å². The van der Waals surface area contributed by atoms with Crippen molar-refractivity contribution in [3.05, 3.63) is 42.2 Å². The first-order valence-corrected chi connectivity index (χ1v) is 6.96. The summed E-state index contributed by atoms with van der Waals surface area (Å²) in [5.41, 5.74) is 1.37. The highest BCUT2D eigenvalue weighted by Gasteiger charge is 2.28. The molecule has 3 rings (SSSR count). The van der Waals surface area contributed by atoms with Gasteiger partial charge in [-0.3, -0.25) is 4.98 Å². The summed E-state index contributed by atoms with van der Waals surface area (Å²) in [6.45, 7) is 3.20. The highest BCUT2D eigenvalue weighted by atomic mass is 14.9. The Morgan fingerprint density at radius 1 is 1.28 bits per heavy atom. The third-order valence-electron chi connectivity index (χ3n) is 4.08. The molecule has 0 aliphatic heterocycles. The molecule has 0 amide bonds. The average molecular weight is 240 g/mol. The molecule has 0 bridgehead atoms. The maximum absolute atomic E-state index is 4.42. The molecular weight excluding hydrogens is 220 g/mol. The van der Waals surface area contributed by atoms with Gasteiger partial charge in [0.05, 0.1) is 0 Å². The number of benzene rings is 1. The lowest BCUT2D eigenvalue weighted by atomic mass is 9.76. The SMILES string of the molecule is CCNC(c1cncc2ccccc12)C1CCC1. The minimum atomic E-state index is 0.474. The van der Waals surface area contributed by atoms with Crippen molar-refractivity contribution in [2.45, 2.75) is 32.2 Å². The van der Waals surface area contributed by atoms with Gasteiger partial charge in [0.25, 0.3) is 0 Å². The molecule has 1 saturated carbocycles. The maximum Gasteiger partial charge on any atom is 0.0370 e. The number of aromatic nitrogens is 1. The third kappa shape index (κ3) is 2.01. The quantitative estimate of drug-likeness (QED) is 0.881. The van der Waals surface area contributed by atoms with Gasteiger partial charge in [0, 0.05) is 23.8 Å². The lowest BCUT2D eigenvalue weighted by molar-refractivity contribution is 0.234. The number of nitrogens with one attached hydrogen (secondary N) is 1. The molecule has 1 N–H and O–H groups in total. The number of hydrogen-bond donors (Lipinski definition) is 1. The molecule has 2 aromatic rings. The molecule has 2 heteroatoms. The van der Waals surface area contributed by atoms with Gasteiger partial charge < -0.3 is 5.32 Å². The molecule has 18 heavy (non-hydrogen) atoms. The van der Waals surface area contributed by atoms with Gasteiger partial charge in [-0.1, -0.05) is 37.6 Å². The average Bonchev–Trinajstić information content (AvgIpc) is 2.35. The van der Waals surface area contributed by atoms with Crippen LogP contribution in [0.1, 0.15) is 37.8 Å². The van der Waals surface area contributed by atoms with E-state index >= 15 is 0 Å². The fraction of sp³-hybridized carbons (Fsp3) is 0.438. The van der Waals surface area contributed by atoms with Gasteiger partial charge in [-0.25, -0.2) is 0 Å². The zero-order valence-electron chi connectivity index (χ0n) is 10.9. The molecule has 1 atom stereocenters. The van der Waals surface area contributed by atoms with Crippen LogP contribution < -0.4 is 5.32 Å². The minimum Gasteiger partial charge on any atom is -0.310 e. The molecule has 1 fully saturated rings. The molecular formula is C16H20N2. The lowest BCUT2D eigenvalue weighted by Gasteiger charge is -2.35. The number of hydrogen-bond acceptors (Lipinski definition) is 2. The largest absolute Gasteiger partial charge is 0.310 e. The van der Waals surface area contributed by atoms with Gasteiger partial charge >= 0.3 is 0 Å². The molecule has 0 saturated heterocycles. The van der Waals surface area contributed by atoms with Crippen LogP contribution in [0.5, 0.6) is 0 Å². The first kappa shape index (κ1) is 11.7. The van der Waals surface area contributed by atoms with E-state index in [0.29, 0.717) is 6.04 Å². The Labute approximate surface area is 108 Å². The van der Waals surface area contributed by atoms with Crippen molar-refractivity contribution in [1.82, 2.24) is 10.3 Å². The smallest absolute Gasteiger partial charge is 0.0370 e. The van der Waals surface area contributed by atoms with E-state index in [1.54, 1.807) is 0 Å². The maximum atomic E-state index is 4.42. The lowest BCUT2D eigenvalue weighted by Crippen LogP contribution is -2.32. The first-order chi connectivity index (χ1) is 8.90. The van der Waals surface area contributed by atoms with E-state index in [1.807, 2.05) is 12.4 Å². The molecule has 1 aromatic carbocycles. The van der Waals surface area contributed by atoms with E-state index < -0.39 is 0 Å². The third-order valence-corrected chi connectivity index (χ3v) is 4.08. The van der Waals surface area contributed by atoms with E-state index in [9.17, 15) is 0 Å². The van der Waals surface area contributed by atoms with Crippen LogP contribution in [-0.4, -0.2) is 11.5 Å². The van der Waals surface area contributed by atoms with E-state index in [-0.39, 0.29) is 0 Å². The van der Waals surface area contributed by atoms with Crippen LogP contribution in [0.3, 0.4) is 0 Å². The Morgan fingerprint density at radius 2 is 2.11 bits per heavy atom. The van der Waals surface area contributed by atoms with Gasteiger partial charge in [0.1, 0.15) is 0 Å². The zero-order chi connectivity index (χ0) is 12.4. The summed E-state index contributed by atoms with van der Waals surface area (Å²) in [5.74, 6) is 0.789. The fourth-order valence-corrected chi connectivity index (χ4v) is 2.91. The summed E-state index contributed by atoms with van der Waals surface area (Å²) < 4.78 is 0. The second-order valence-electron chi connectivity index (χ2n) is 5.18. The Kier molecular flexibility index (Phi) is 3.28. The van der Waals surface area contributed by atoms with Crippen LogP contribution in [-0.2, 0) is 0 Å². The summed E-state index contributed by atoms with van der Waals surface area (Å²) in [6.07, 6.45) is 8.09. The molecule has 1 aromatic heterocycles. The standard InChI is InChI=1S/C16H20N2/c1-2-18-16(12-7-5-8-12)15-11-17-10-13-6-3-4-9-14(13)15/h3-4,6,9-12,16,18H,2,5,7-8H2,1H3. The van der Waals surface area contributed by atoms with Crippen molar-refractivity contribution >= 4 is 10.8 Å². The molecule has 1 aliphatic carbocycles. The van der Waals surface area contributed by atoms with Crippen LogP contribution in [0.25, 0.3) is 10.8 Å². The topological polar surface area (TPSA) is 24.9 Å². The van der Waals surface area contributed by atoms with Crippen LogP contribution in [0.15, 0.2) is 36.7 Å². The summed E-state index contributed by atoms with van der Waals surface area (Å²) in [7, 11) is 0. The van der Waals surface area contributed by atoms with Crippen LogP contribution >= 0.6 is 0 Å². The van der Waals surface area contributed by atoms with Crippen molar-refractivity contribution in [3.8, 4) is 0 Å². The normalized spacial score (nSPS) is 17.6. The molecule has 1 unspecified atom stereocenters. The zero-order valence-corrected chi connectivity index (χ0v) is 10.9. The van der Waals surface area contributed by atoms with Crippen molar-refractivity contribution in [1.29, 1.82) is 0 Å². The summed E-state index contributed by atoms with van der Waals surface area (Å²) in [5, 5.41) is 6.25. The Bertz CT molecular complexity index is 526. The fourth-order valence-electron chi connectivity index (χ4n) is 2.91. The Morgan fingerprint density at radius 3 is 2.83 bits per heavy atom. The highest BCUT2D eigenvalue weighted by molar-refractivity contribution is 5.85. The van der Waals surface area contributed by atoms with Crippen molar-refractivity contribution < 1.29 is 0 Å². The van der Waals surface area contributed by atoms with E-state index in [2.05, 4.69) is 41.5 Å². The summed E-state index contributed by atoms with van der Waals surface area (Å²) >= 11 is 0. The number of rotatable bonds is 4. The monoisotopic (exact) mass is 240 g/mol. The predicted octanol–water partition coefficient (Wildman–Crippen LogP) is 3.69. The molecule has 94 valence electrons. The van der Waals surface area contributed by atoms with E-state index in [4.69, 9.17) is 0 Å². The number of nitrogens with zero attached hydrogens (tertiary/aromatic N) is 1. The van der Waals surface area contributed by atoms with Crippen LogP contribution in [0.2, 0.25) is 0 Å². The minimum absolute atomic E-state index is 0.474. The summed E-state index contributed by atoms with van der Waals surface area (Å²) in [6, 6.07) is 9.04. The first-order valence-electron chi connectivity index (χ1n) is 6.96. The van der Waals surface area contributed by atoms with Crippen molar-refractivity contribution in [2.75, 3.05) is 6.54 Å².